The molecule has 1 aromatic heterocycles. The monoisotopic (exact) mass is 485 g/mol. The quantitative estimate of drug-likeness (QED) is 0.564. The first-order chi connectivity index (χ1) is 16.0. The maximum absolute atomic E-state index is 13.2. The van der Waals surface area contributed by atoms with E-state index in [2.05, 4.69) is 44.8 Å². The molecule has 1 aliphatic rings. The van der Waals surface area contributed by atoms with Crippen LogP contribution in [0.1, 0.15) is 54.7 Å². The molecule has 1 atom stereocenters. The number of amides is 2. The van der Waals surface area contributed by atoms with E-state index in [1.165, 1.54) is 16.2 Å². The molecular formula is C26H35N3O4S. The van der Waals surface area contributed by atoms with Crippen molar-refractivity contribution in [3.8, 4) is 0 Å². The Labute approximate surface area is 205 Å². The second-order valence-corrected chi connectivity index (χ2v) is 10.8. The minimum Gasteiger partial charge on any atom is -0.481 e. The van der Waals surface area contributed by atoms with Crippen molar-refractivity contribution in [2.24, 2.45) is 5.92 Å². The molecule has 0 radical (unpaired) electrons. The van der Waals surface area contributed by atoms with Gasteiger partial charge < -0.3 is 20.2 Å². The second-order valence-electron chi connectivity index (χ2n) is 9.76. The van der Waals surface area contributed by atoms with Crippen LogP contribution < -0.4 is 10.2 Å². The predicted octanol–water partition coefficient (Wildman–Crippen LogP) is 3.78. The zero-order chi connectivity index (χ0) is 25.0. The fourth-order valence-corrected chi connectivity index (χ4v) is 4.96. The Balaban J connectivity index is 1.77. The van der Waals surface area contributed by atoms with E-state index in [4.69, 9.17) is 5.11 Å². The number of carbonyl (C=O) groups excluding carboxylic acids is 2. The van der Waals surface area contributed by atoms with Crippen molar-refractivity contribution in [1.29, 1.82) is 0 Å². The van der Waals surface area contributed by atoms with Crippen molar-refractivity contribution in [3.63, 3.8) is 0 Å². The Morgan fingerprint density at radius 2 is 1.71 bits per heavy atom. The van der Waals surface area contributed by atoms with E-state index in [0.717, 1.165) is 29.2 Å². The molecule has 0 bridgehead atoms. The number of carbonyl (C=O) groups is 3. The fraction of sp³-hybridized carbons (Fsp3) is 0.500. The summed E-state index contributed by atoms with van der Waals surface area (Å²) in [5.74, 6) is -1.97. The summed E-state index contributed by atoms with van der Waals surface area (Å²) in [7, 11) is 0. The van der Waals surface area contributed by atoms with Gasteiger partial charge in [-0.1, -0.05) is 32.9 Å². The highest BCUT2D eigenvalue weighted by Gasteiger charge is 2.39. The SMILES string of the molecule is CCN(CC)c1ccc(C[C@H](NC(=O)c2ccc(C(C)(C)C)s2)C(=O)N2CC(C(=O)O)C2)cc1. The molecule has 2 aromatic rings. The number of benzene rings is 1. The zero-order valence-electron chi connectivity index (χ0n) is 20.6. The summed E-state index contributed by atoms with van der Waals surface area (Å²) in [6.07, 6.45) is 0.342. The molecule has 0 saturated carbocycles. The first-order valence-corrected chi connectivity index (χ1v) is 12.6. The Morgan fingerprint density at radius 3 is 2.21 bits per heavy atom. The van der Waals surface area contributed by atoms with Crippen molar-refractivity contribution in [1.82, 2.24) is 10.2 Å². The molecule has 2 N–H and O–H groups in total. The average molecular weight is 486 g/mol. The Kier molecular flexibility index (Phi) is 8.02. The zero-order valence-corrected chi connectivity index (χ0v) is 21.4. The van der Waals surface area contributed by atoms with Crippen molar-refractivity contribution < 1.29 is 19.5 Å². The normalized spacial score (nSPS) is 14.9. The van der Waals surface area contributed by atoms with Crippen molar-refractivity contribution in [2.75, 3.05) is 31.1 Å². The van der Waals surface area contributed by atoms with Gasteiger partial charge >= 0.3 is 5.97 Å². The van der Waals surface area contributed by atoms with E-state index in [-0.39, 0.29) is 30.3 Å². The minimum absolute atomic E-state index is 0.0610. The Hall–Kier alpha value is -2.87. The van der Waals surface area contributed by atoms with Crippen LogP contribution >= 0.6 is 11.3 Å². The fourth-order valence-electron chi connectivity index (χ4n) is 3.99. The maximum atomic E-state index is 13.2. The molecule has 7 nitrogen and oxygen atoms in total. The van der Waals surface area contributed by atoms with E-state index in [0.29, 0.717) is 11.3 Å². The number of carboxylic acids is 1. The highest BCUT2D eigenvalue weighted by molar-refractivity contribution is 7.14. The maximum Gasteiger partial charge on any atom is 0.310 e. The number of carboxylic acid groups (broad SMARTS) is 1. The van der Waals surface area contributed by atoms with Crippen LogP contribution in [0.5, 0.6) is 0 Å². The third-order valence-electron chi connectivity index (χ3n) is 6.22. The number of rotatable bonds is 9. The van der Waals surface area contributed by atoms with Crippen LogP contribution in [-0.4, -0.2) is 60.0 Å². The molecule has 1 saturated heterocycles. The number of likely N-dealkylation sites (tertiary alicyclic amines) is 1. The molecule has 8 heteroatoms. The lowest BCUT2D eigenvalue weighted by atomic mass is 9.95. The summed E-state index contributed by atoms with van der Waals surface area (Å²) in [6.45, 7) is 12.7. The van der Waals surface area contributed by atoms with Crippen LogP contribution in [0.4, 0.5) is 5.69 Å². The predicted molar refractivity (Wildman–Crippen MR) is 136 cm³/mol. The van der Waals surface area contributed by atoms with Gasteiger partial charge in [0.05, 0.1) is 10.8 Å². The number of anilines is 1. The van der Waals surface area contributed by atoms with Crippen LogP contribution in [-0.2, 0) is 21.4 Å². The van der Waals surface area contributed by atoms with Gasteiger partial charge in [-0.15, -0.1) is 11.3 Å². The van der Waals surface area contributed by atoms with Gasteiger partial charge in [-0.25, -0.2) is 0 Å². The summed E-state index contributed by atoms with van der Waals surface area (Å²) < 4.78 is 0. The van der Waals surface area contributed by atoms with Crippen molar-refractivity contribution in [3.05, 3.63) is 51.7 Å². The number of nitrogens with zero attached hydrogens (tertiary/aromatic N) is 2. The molecule has 0 unspecified atom stereocenters. The Bertz CT molecular complexity index is 1020. The molecule has 34 heavy (non-hydrogen) atoms. The standard InChI is InChI=1S/C26H35N3O4S/c1-6-28(7-2)19-10-8-17(9-11-19)14-20(24(31)29-15-18(16-29)25(32)33)27-23(30)21-12-13-22(34-21)26(3,4)5/h8-13,18,20H,6-7,14-16H2,1-5H3,(H,27,30)(H,32,33)/t20-/m0/s1. The van der Waals surface area contributed by atoms with Crippen LogP contribution in [0, 0.1) is 5.92 Å². The van der Waals surface area contributed by atoms with Gasteiger partial charge in [0.2, 0.25) is 5.91 Å². The van der Waals surface area contributed by atoms with E-state index >= 15 is 0 Å². The number of nitrogens with one attached hydrogen (secondary N) is 1. The largest absolute Gasteiger partial charge is 0.481 e. The topological polar surface area (TPSA) is 90.0 Å². The van der Waals surface area contributed by atoms with Gasteiger partial charge in [0, 0.05) is 43.2 Å². The molecule has 3 rings (SSSR count). The molecule has 184 valence electrons. The molecule has 2 heterocycles. The number of hydrogen-bond donors (Lipinski definition) is 2. The molecular weight excluding hydrogens is 450 g/mol. The first kappa shape index (κ1) is 25.7. The van der Waals surface area contributed by atoms with Crippen LogP contribution in [0.3, 0.4) is 0 Å². The number of hydrogen-bond acceptors (Lipinski definition) is 5. The van der Waals surface area contributed by atoms with Gasteiger partial charge in [-0.2, -0.15) is 0 Å². The van der Waals surface area contributed by atoms with Gasteiger partial charge in [0.15, 0.2) is 0 Å². The van der Waals surface area contributed by atoms with Crippen molar-refractivity contribution in [2.45, 2.75) is 52.5 Å². The minimum atomic E-state index is -0.898. The molecule has 0 aliphatic carbocycles. The highest BCUT2D eigenvalue weighted by atomic mass is 32.1. The average Bonchev–Trinajstić information content (AvgIpc) is 3.25. The van der Waals surface area contributed by atoms with E-state index in [9.17, 15) is 14.4 Å². The molecule has 0 spiro atoms. The van der Waals surface area contributed by atoms with Crippen molar-refractivity contribution >= 4 is 34.8 Å². The highest BCUT2D eigenvalue weighted by Crippen LogP contribution is 2.29. The summed E-state index contributed by atoms with van der Waals surface area (Å²) in [5, 5.41) is 12.1. The Morgan fingerprint density at radius 1 is 1.09 bits per heavy atom. The van der Waals surface area contributed by atoms with Gasteiger partial charge in [0.25, 0.3) is 5.91 Å². The van der Waals surface area contributed by atoms with Crippen LogP contribution in [0.15, 0.2) is 36.4 Å². The van der Waals surface area contributed by atoms with Gasteiger partial charge in [0.1, 0.15) is 6.04 Å². The smallest absolute Gasteiger partial charge is 0.310 e. The number of thiophene rings is 1. The summed E-state index contributed by atoms with van der Waals surface area (Å²) in [4.78, 5) is 42.8. The van der Waals surface area contributed by atoms with Gasteiger partial charge in [-0.3, -0.25) is 14.4 Å². The summed E-state index contributed by atoms with van der Waals surface area (Å²) in [5.41, 5.74) is 1.99. The molecule has 1 fully saturated rings. The third-order valence-corrected chi connectivity index (χ3v) is 7.73. The van der Waals surface area contributed by atoms with E-state index < -0.39 is 17.9 Å². The lowest BCUT2D eigenvalue weighted by molar-refractivity contribution is -0.153. The lowest BCUT2D eigenvalue weighted by Gasteiger charge is -2.39. The summed E-state index contributed by atoms with van der Waals surface area (Å²) >= 11 is 1.43. The van der Waals surface area contributed by atoms with Gasteiger partial charge in [-0.05, 0) is 49.1 Å². The molecule has 1 aromatic carbocycles. The second kappa shape index (κ2) is 10.6. The lowest BCUT2D eigenvalue weighted by Crippen LogP contribution is -2.59. The van der Waals surface area contributed by atoms with E-state index in [1.807, 2.05) is 30.3 Å². The van der Waals surface area contributed by atoms with Crippen LogP contribution in [0.2, 0.25) is 0 Å². The van der Waals surface area contributed by atoms with E-state index in [1.54, 1.807) is 6.07 Å². The molecule has 2 amide bonds. The third kappa shape index (κ3) is 5.97. The molecule has 1 aliphatic heterocycles. The first-order valence-electron chi connectivity index (χ1n) is 11.8. The van der Waals surface area contributed by atoms with Crippen LogP contribution in [0.25, 0.3) is 0 Å². The summed E-state index contributed by atoms with van der Waals surface area (Å²) in [6, 6.07) is 11.0. The number of aliphatic carboxylic acids is 1.